The molecule has 0 unspecified atom stereocenters. The van der Waals surface area contributed by atoms with Gasteiger partial charge in [0.2, 0.25) is 11.8 Å². The van der Waals surface area contributed by atoms with Crippen molar-refractivity contribution in [2.75, 3.05) is 34.2 Å². The molecule has 27 heavy (non-hydrogen) atoms. The van der Waals surface area contributed by atoms with Gasteiger partial charge in [-0.05, 0) is 36.4 Å². The van der Waals surface area contributed by atoms with Crippen LogP contribution in [0.3, 0.4) is 0 Å². The van der Waals surface area contributed by atoms with E-state index in [9.17, 15) is 14.4 Å². The van der Waals surface area contributed by atoms with Crippen LogP contribution in [0, 0.1) is 0 Å². The molecule has 0 aliphatic heterocycles. The summed E-state index contributed by atoms with van der Waals surface area (Å²) in [6.07, 6.45) is 0. The van der Waals surface area contributed by atoms with Crippen molar-refractivity contribution >= 4 is 17.7 Å². The van der Waals surface area contributed by atoms with E-state index in [4.69, 9.17) is 4.74 Å². The fourth-order valence-electron chi connectivity index (χ4n) is 2.12. The zero-order valence-electron chi connectivity index (χ0n) is 15.6. The van der Waals surface area contributed by atoms with Gasteiger partial charge in [-0.15, -0.1) is 0 Å². The smallest absolute Gasteiger partial charge is 0.251 e. The van der Waals surface area contributed by atoms with E-state index in [0.29, 0.717) is 17.1 Å². The second-order valence-corrected chi connectivity index (χ2v) is 6.16. The van der Waals surface area contributed by atoms with E-state index in [0.717, 1.165) is 0 Å². The van der Waals surface area contributed by atoms with E-state index < -0.39 is 0 Å². The van der Waals surface area contributed by atoms with Crippen molar-refractivity contribution in [1.82, 2.24) is 15.1 Å². The number of ether oxygens (including phenoxy) is 1. The highest BCUT2D eigenvalue weighted by atomic mass is 16.5. The van der Waals surface area contributed by atoms with Gasteiger partial charge in [0.15, 0.2) is 0 Å². The van der Waals surface area contributed by atoms with Crippen molar-refractivity contribution < 1.29 is 19.1 Å². The van der Waals surface area contributed by atoms with Gasteiger partial charge >= 0.3 is 0 Å². The highest BCUT2D eigenvalue weighted by Gasteiger charge is 2.15. The molecule has 0 atom stereocenters. The lowest BCUT2D eigenvalue weighted by Gasteiger charge is -2.19. The highest BCUT2D eigenvalue weighted by molar-refractivity contribution is 5.96. The molecule has 7 nitrogen and oxygen atoms in total. The molecule has 3 amide bonds. The summed E-state index contributed by atoms with van der Waals surface area (Å²) in [5, 5.41) is 2.56. The molecular formula is C20H23N3O4. The third-order valence-electron chi connectivity index (χ3n) is 3.79. The van der Waals surface area contributed by atoms with Gasteiger partial charge in [0.1, 0.15) is 11.5 Å². The fraction of sp³-hybridized carbons (Fsp3) is 0.250. The number of nitrogens with one attached hydrogen (secondary N) is 1. The number of nitrogens with zero attached hydrogens (tertiary/aromatic N) is 2. The maximum Gasteiger partial charge on any atom is 0.251 e. The van der Waals surface area contributed by atoms with E-state index in [1.807, 2.05) is 30.3 Å². The van der Waals surface area contributed by atoms with Crippen molar-refractivity contribution in [3.05, 3.63) is 60.2 Å². The van der Waals surface area contributed by atoms with Crippen LogP contribution < -0.4 is 10.1 Å². The lowest BCUT2D eigenvalue weighted by atomic mass is 10.2. The van der Waals surface area contributed by atoms with Crippen LogP contribution in [-0.2, 0) is 9.59 Å². The van der Waals surface area contributed by atoms with Crippen molar-refractivity contribution in [2.24, 2.45) is 0 Å². The molecule has 0 aliphatic rings. The van der Waals surface area contributed by atoms with Crippen molar-refractivity contribution in [2.45, 2.75) is 0 Å². The lowest BCUT2D eigenvalue weighted by Crippen LogP contribution is -2.42. The molecule has 0 radical (unpaired) electrons. The zero-order valence-corrected chi connectivity index (χ0v) is 15.6. The summed E-state index contributed by atoms with van der Waals surface area (Å²) in [7, 11) is 4.76. The van der Waals surface area contributed by atoms with Crippen LogP contribution in [0.4, 0.5) is 0 Å². The number of amides is 3. The zero-order chi connectivity index (χ0) is 19.8. The third kappa shape index (κ3) is 6.14. The SMILES string of the molecule is CN(C)C(=O)CN(C)C(=O)CNC(=O)c1ccc(Oc2ccccc2)cc1. The molecule has 0 spiro atoms. The number of likely N-dealkylation sites (N-methyl/N-ethyl adjacent to an activating group) is 2. The molecule has 2 rings (SSSR count). The first kappa shape index (κ1) is 20.0. The average Bonchev–Trinajstić information content (AvgIpc) is 2.67. The number of carbonyl (C=O) groups excluding carboxylic acids is 3. The number of benzene rings is 2. The predicted octanol–water partition coefficient (Wildman–Crippen LogP) is 1.76. The van der Waals surface area contributed by atoms with Crippen LogP contribution in [0.1, 0.15) is 10.4 Å². The number of para-hydroxylation sites is 1. The molecule has 7 heteroatoms. The Hall–Kier alpha value is -3.35. The molecule has 0 bridgehead atoms. The van der Waals surface area contributed by atoms with Crippen LogP contribution >= 0.6 is 0 Å². The number of rotatable bonds is 7. The molecule has 142 valence electrons. The van der Waals surface area contributed by atoms with E-state index in [1.54, 1.807) is 38.4 Å². The summed E-state index contributed by atoms with van der Waals surface area (Å²) in [5.74, 6) is 0.405. The average molecular weight is 369 g/mol. The van der Waals surface area contributed by atoms with Crippen LogP contribution in [0.25, 0.3) is 0 Å². The molecule has 2 aromatic carbocycles. The topological polar surface area (TPSA) is 79.0 Å². The molecule has 0 heterocycles. The highest BCUT2D eigenvalue weighted by Crippen LogP contribution is 2.21. The van der Waals surface area contributed by atoms with Crippen LogP contribution in [0.15, 0.2) is 54.6 Å². The minimum atomic E-state index is -0.373. The Morgan fingerprint density at radius 1 is 0.852 bits per heavy atom. The summed E-state index contributed by atoms with van der Waals surface area (Å²) < 4.78 is 5.67. The Morgan fingerprint density at radius 2 is 1.44 bits per heavy atom. The van der Waals surface area contributed by atoms with Gasteiger partial charge in [-0.1, -0.05) is 18.2 Å². The summed E-state index contributed by atoms with van der Waals surface area (Å²) in [5.41, 5.74) is 0.412. The first-order chi connectivity index (χ1) is 12.9. The maximum absolute atomic E-state index is 12.2. The van der Waals surface area contributed by atoms with Gasteiger partial charge in [0, 0.05) is 26.7 Å². The summed E-state index contributed by atoms with van der Waals surface area (Å²) >= 11 is 0. The number of hydrogen-bond acceptors (Lipinski definition) is 4. The standard InChI is InChI=1S/C20H23N3O4/c1-22(2)19(25)14-23(3)18(24)13-21-20(26)15-9-11-17(12-10-15)27-16-7-5-4-6-8-16/h4-12H,13-14H2,1-3H3,(H,21,26). The Kier molecular flexibility index (Phi) is 6.93. The van der Waals surface area contributed by atoms with Crippen LogP contribution in [-0.4, -0.2) is 61.8 Å². The number of carbonyl (C=O) groups is 3. The van der Waals surface area contributed by atoms with E-state index in [1.165, 1.54) is 16.8 Å². The summed E-state index contributed by atoms with van der Waals surface area (Å²) in [6, 6.07) is 15.9. The minimum absolute atomic E-state index is 0.0345. The van der Waals surface area contributed by atoms with E-state index in [-0.39, 0.29) is 30.8 Å². The number of hydrogen-bond donors (Lipinski definition) is 1. The Bertz CT molecular complexity index is 789. The Labute approximate surface area is 158 Å². The molecule has 0 saturated heterocycles. The lowest BCUT2D eigenvalue weighted by molar-refractivity contribution is -0.137. The molecular weight excluding hydrogens is 346 g/mol. The first-order valence-electron chi connectivity index (χ1n) is 8.42. The van der Waals surface area contributed by atoms with Gasteiger partial charge in [-0.2, -0.15) is 0 Å². The molecule has 1 N–H and O–H groups in total. The van der Waals surface area contributed by atoms with Crippen LogP contribution in [0.5, 0.6) is 11.5 Å². The van der Waals surface area contributed by atoms with Gasteiger partial charge in [-0.25, -0.2) is 0 Å². The molecule has 0 aliphatic carbocycles. The van der Waals surface area contributed by atoms with E-state index in [2.05, 4.69) is 5.32 Å². The largest absolute Gasteiger partial charge is 0.457 e. The van der Waals surface area contributed by atoms with Crippen molar-refractivity contribution in [3.63, 3.8) is 0 Å². The normalized spacial score (nSPS) is 10.0. The van der Waals surface area contributed by atoms with Crippen LogP contribution in [0.2, 0.25) is 0 Å². The van der Waals surface area contributed by atoms with Crippen molar-refractivity contribution in [3.8, 4) is 11.5 Å². The fourth-order valence-corrected chi connectivity index (χ4v) is 2.12. The monoisotopic (exact) mass is 369 g/mol. The third-order valence-corrected chi connectivity index (χ3v) is 3.79. The Balaban J connectivity index is 1.85. The summed E-state index contributed by atoms with van der Waals surface area (Å²) in [6.45, 7) is -0.217. The summed E-state index contributed by atoms with van der Waals surface area (Å²) in [4.78, 5) is 38.5. The van der Waals surface area contributed by atoms with Gasteiger partial charge in [0.05, 0.1) is 13.1 Å². The van der Waals surface area contributed by atoms with Gasteiger partial charge in [0.25, 0.3) is 5.91 Å². The Morgan fingerprint density at radius 3 is 2.04 bits per heavy atom. The van der Waals surface area contributed by atoms with Gasteiger partial charge in [-0.3, -0.25) is 14.4 Å². The second kappa shape index (κ2) is 9.38. The molecule has 0 fully saturated rings. The van der Waals surface area contributed by atoms with Crippen molar-refractivity contribution in [1.29, 1.82) is 0 Å². The molecule has 2 aromatic rings. The predicted molar refractivity (Wildman–Crippen MR) is 102 cm³/mol. The first-order valence-corrected chi connectivity index (χ1v) is 8.42. The maximum atomic E-state index is 12.2. The quantitative estimate of drug-likeness (QED) is 0.807. The minimum Gasteiger partial charge on any atom is -0.457 e. The second-order valence-electron chi connectivity index (χ2n) is 6.16. The molecule has 0 saturated carbocycles. The molecule has 0 aromatic heterocycles. The van der Waals surface area contributed by atoms with Gasteiger partial charge < -0.3 is 19.9 Å². The van der Waals surface area contributed by atoms with E-state index >= 15 is 0 Å².